The topological polar surface area (TPSA) is 121 Å². The van der Waals surface area contributed by atoms with Crippen molar-refractivity contribution in [3.05, 3.63) is 106 Å². The Labute approximate surface area is 241 Å². The Balaban J connectivity index is 1.44. The molecule has 1 fully saturated rings. The summed E-state index contributed by atoms with van der Waals surface area (Å²) in [6.45, 7) is 3.65. The van der Waals surface area contributed by atoms with Crippen LogP contribution < -0.4 is 4.90 Å². The van der Waals surface area contributed by atoms with Gasteiger partial charge in [-0.2, -0.15) is 0 Å². The number of hydrogen-bond donors (Lipinski definition) is 2. The minimum Gasteiger partial charge on any atom is -0.508 e. The summed E-state index contributed by atoms with van der Waals surface area (Å²) in [6.07, 6.45) is 1.80. The molecule has 1 saturated heterocycles. The Morgan fingerprint density at radius 2 is 1.88 bits per heavy atom. The number of imidazole rings is 1. The van der Waals surface area contributed by atoms with E-state index in [0.29, 0.717) is 32.6 Å². The van der Waals surface area contributed by atoms with E-state index in [-0.39, 0.29) is 28.0 Å². The first-order valence-corrected chi connectivity index (χ1v) is 14.3. The number of phenolic OH excluding ortho intramolecular Hbond substituents is 1. The molecule has 0 aliphatic carbocycles. The third-order valence-corrected chi connectivity index (χ3v) is 8.95. The van der Waals surface area contributed by atoms with Crippen molar-refractivity contribution in [1.82, 2.24) is 19.6 Å². The summed E-state index contributed by atoms with van der Waals surface area (Å²) in [5, 5.41) is 30.2. The lowest BCUT2D eigenvalue weighted by Gasteiger charge is -2.22. The van der Waals surface area contributed by atoms with E-state index in [1.807, 2.05) is 19.1 Å². The predicted octanol–water partition coefficient (Wildman–Crippen LogP) is 5.57. The van der Waals surface area contributed by atoms with E-state index in [4.69, 9.17) is 0 Å². The normalized spacial score (nSPS) is 16.7. The largest absolute Gasteiger partial charge is 0.508 e. The number of aliphatic hydroxyl groups is 1. The molecule has 1 aliphatic rings. The van der Waals surface area contributed by atoms with Gasteiger partial charge in [-0.25, -0.2) is 9.37 Å². The number of carbonyl (C=O) groups excluding carboxylic acids is 2. The highest BCUT2D eigenvalue weighted by Crippen LogP contribution is 2.44. The molecule has 0 bridgehead atoms. The summed E-state index contributed by atoms with van der Waals surface area (Å²) in [5.74, 6) is -2.37. The summed E-state index contributed by atoms with van der Waals surface area (Å²) in [4.78, 5) is 32.8. The first-order chi connectivity index (χ1) is 19.7. The van der Waals surface area contributed by atoms with Crippen LogP contribution >= 0.6 is 23.1 Å². The third kappa shape index (κ3) is 4.64. The molecule has 206 valence electrons. The van der Waals surface area contributed by atoms with Crippen LogP contribution in [0.2, 0.25) is 0 Å². The number of fused-ring (bicyclic) bond motifs is 1. The van der Waals surface area contributed by atoms with Crippen LogP contribution in [-0.4, -0.2) is 41.5 Å². The molecule has 41 heavy (non-hydrogen) atoms. The second-order valence-electron chi connectivity index (χ2n) is 9.43. The lowest BCUT2D eigenvalue weighted by molar-refractivity contribution is -0.132. The van der Waals surface area contributed by atoms with Crippen LogP contribution in [0.15, 0.2) is 76.8 Å². The number of halogens is 1. The van der Waals surface area contributed by atoms with Gasteiger partial charge < -0.3 is 14.6 Å². The zero-order valence-corrected chi connectivity index (χ0v) is 23.4. The molecule has 3 aromatic heterocycles. The number of aromatic hydroxyl groups is 1. The number of nitrogens with zero attached hydrogens (tertiary/aromatic N) is 5. The number of hydrogen-bond acceptors (Lipinski definition) is 9. The molecule has 5 aromatic rings. The number of amides is 1. The van der Waals surface area contributed by atoms with E-state index >= 15 is 0 Å². The van der Waals surface area contributed by atoms with Crippen LogP contribution in [0.1, 0.15) is 34.1 Å². The van der Waals surface area contributed by atoms with Crippen molar-refractivity contribution in [3.8, 4) is 5.75 Å². The number of anilines is 1. The third-order valence-electron chi connectivity index (χ3n) is 6.85. The van der Waals surface area contributed by atoms with Crippen molar-refractivity contribution in [2.24, 2.45) is 0 Å². The van der Waals surface area contributed by atoms with Gasteiger partial charge in [0.2, 0.25) is 5.13 Å². The molecule has 1 atom stereocenters. The molecule has 2 N–H and O–H groups in total. The SMILES string of the molecule is Cc1cccn2c(C)c(/C(O)=C3\C(=O)C(=O)N(c4nnc(SCc5ccccc5F)s4)C3c3cccc(O)c3)nc12. The van der Waals surface area contributed by atoms with Gasteiger partial charge in [0.1, 0.15) is 22.9 Å². The zero-order valence-electron chi connectivity index (χ0n) is 21.8. The maximum atomic E-state index is 14.1. The van der Waals surface area contributed by atoms with E-state index in [1.54, 1.807) is 47.9 Å². The lowest BCUT2D eigenvalue weighted by atomic mass is 9.96. The first-order valence-electron chi connectivity index (χ1n) is 12.5. The fraction of sp³-hybridized carbons (Fsp3) is 0.138. The first kappa shape index (κ1) is 26.7. The van der Waals surface area contributed by atoms with Crippen molar-refractivity contribution in [2.75, 3.05) is 4.90 Å². The molecular weight excluding hydrogens is 565 g/mol. The average molecular weight is 588 g/mol. The van der Waals surface area contributed by atoms with Crippen LogP contribution in [0.3, 0.4) is 0 Å². The second-order valence-corrected chi connectivity index (χ2v) is 11.6. The second kappa shape index (κ2) is 10.5. The summed E-state index contributed by atoms with van der Waals surface area (Å²) in [5.41, 5.74) is 2.93. The number of benzene rings is 2. The van der Waals surface area contributed by atoms with Crippen LogP contribution in [0.4, 0.5) is 9.52 Å². The molecule has 9 nitrogen and oxygen atoms in total. The van der Waals surface area contributed by atoms with Crippen LogP contribution in [0.5, 0.6) is 5.75 Å². The highest BCUT2D eigenvalue weighted by molar-refractivity contribution is 8.00. The molecule has 12 heteroatoms. The minimum absolute atomic E-state index is 0.0778. The van der Waals surface area contributed by atoms with E-state index in [0.717, 1.165) is 16.9 Å². The Hall–Kier alpha value is -4.55. The smallest absolute Gasteiger partial charge is 0.301 e. The standard InChI is InChI=1S/C29H22FN5O4S2/c1-15-7-6-12-34-16(2)22(31-26(15)34)24(37)21-23(17-9-5-10-19(36)13-17)35(27(39)25(21)38)28-32-33-29(41-28)40-14-18-8-3-4-11-20(18)30/h3-13,23,36-37H,14H2,1-2H3/b24-21+. The number of aryl methyl sites for hydroxylation is 2. The number of aromatic nitrogens is 4. The highest BCUT2D eigenvalue weighted by Gasteiger charge is 2.49. The van der Waals surface area contributed by atoms with Gasteiger partial charge in [-0.1, -0.05) is 59.5 Å². The number of aliphatic hydroxyl groups excluding tert-OH is 1. The number of carbonyl (C=O) groups is 2. The Kier molecular flexibility index (Phi) is 6.80. The molecule has 1 amide bonds. The van der Waals surface area contributed by atoms with E-state index in [9.17, 15) is 24.2 Å². The number of thioether (sulfide) groups is 1. The van der Waals surface area contributed by atoms with Crippen LogP contribution in [-0.2, 0) is 15.3 Å². The Morgan fingerprint density at radius 3 is 2.63 bits per heavy atom. The number of Topliss-reactive ketones (excluding diaryl/α,β-unsaturated/α-hetero) is 1. The van der Waals surface area contributed by atoms with Gasteiger partial charge in [-0.05, 0) is 54.8 Å². The lowest BCUT2D eigenvalue weighted by Crippen LogP contribution is -2.29. The van der Waals surface area contributed by atoms with E-state index in [1.165, 1.54) is 34.9 Å². The molecule has 0 radical (unpaired) electrons. The molecule has 0 saturated carbocycles. The quantitative estimate of drug-likeness (QED) is 0.0870. The number of rotatable bonds is 6. The van der Waals surface area contributed by atoms with Crippen molar-refractivity contribution in [1.29, 1.82) is 0 Å². The zero-order chi connectivity index (χ0) is 28.8. The Morgan fingerprint density at radius 1 is 1.07 bits per heavy atom. The number of pyridine rings is 1. The van der Waals surface area contributed by atoms with Crippen molar-refractivity contribution >= 4 is 51.3 Å². The summed E-state index contributed by atoms with van der Waals surface area (Å²) in [7, 11) is 0. The van der Waals surface area contributed by atoms with Gasteiger partial charge in [-0.3, -0.25) is 14.5 Å². The van der Waals surface area contributed by atoms with Gasteiger partial charge >= 0.3 is 5.91 Å². The molecule has 4 heterocycles. The van der Waals surface area contributed by atoms with Gasteiger partial charge in [0.25, 0.3) is 5.78 Å². The minimum atomic E-state index is -1.11. The van der Waals surface area contributed by atoms with E-state index in [2.05, 4.69) is 15.2 Å². The van der Waals surface area contributed by atoms with Crippen LogP contribution in [0.25, 0.3) is 11.4 Å². The molecule has 0 spiro atoms. The molecular formula is C29H22FN5O4S2. The van der Waals surface area contributed by atoms with Crippen molar-refractivity contribution in [2.45, 2.75) is 30.0 Å². The molecule has 2 aromatic carbocycles. The maximum Gasteiger partial charge on any atom is 0.301 e. The summed E-state index contributed by atoms with van der Waals surface area (Å²) in [6, 6.07) is 15.1. The molecule has 1 aliphatic heterocycles. The number of phenols is 1. The van der Waals surface area contributed by atoms with Gasteiger partial charge in [-0.15, -0.1) is 10.2 Å². The van der Waals surface area contributed by atoms with Crippen LogP contribution in [0, 0.1) is 19.7 Å². The highest BCUT2D eigenvalue weighted by atomic mass is 32.2. The average Bonchev–Trinajstić information content (AvgIpc) is 3.63. The summed E-state index contributed by atoms with van der Waals surface area (Å²) >= 11 is 2.31. The molecule has 6 rings (SSSR count). The van der Waals surface area contributed by atoms with Crippen molar-refractivity contribution in [3.63, 3.8) is 0 Å². The van der Waals surface area contributed by atoms with Crippen molar-refractivity contribution < 1.29 is 24.2 Å². The van der Waals surface area contributed by atoms with E-state index < -0.39 is 23.5 Å². The number of ketones is 1. The maximum absolute atomic E-state index is 14.1. The van der Waals surface area contributed by atoms with Gasteiger partial charge in [0, 0.05) is 11.9 Å². The van der Waals surface area contributed by atoms with Gasteiger partial charge in [0.15, 0.2) is 10.1 Å². The molecule has 1 unspecified atom stereocenters. The van der Waals surface area contributed by atoms with Gasteiger partial charge in [0.05, 0.1) is 17.3 Å². The fourth-order valence-electron chi connectivity index (χ4n) is 4.83. The Bertz CT molecular complexity index is 1880. The summed E-state index contributed by atoms with van der Waals surface area (Å²) < 4.78 is 16.4. The predicted molar refractivity (Wildman–Crippen MR) is 153 cm³/mol. The monoisotopic (exact) mass is 587 g/mol. The fourth-order valence-corrected chi connectivity index (χ4v) is 6.68.